The van der Waals surface area contributed by atoms with Crippen LogP contribution in [0, 0.1) is 13.8 Å². The fraction of sp³-hybridized carbons (Fsp3) is 0.304. The summed E-state index contributed by atoms with van der Waals surface area (Å²) >= 11 is 12.1. The van der Waals surface area contributed by atoms with Crippen molar-refractivity contribution in [3.05, 3.63) is 129 Å². The number of carbonyl (C=O) groups is 4. The molecule has 0 spiro atoms. The van der Waals surface area contributed by atoms with Crippen LogP contribution in [0.3, 0.4) is 0 Å². The molecule has 0 atom stereocenters. The summed E-state index contributed by atoms with van der Waals surface area (Å²) in [6, 6.07) is 24.0. The molecule has 0 aliphatic carbocycles. The van der Waals surface area contributed by atoms with Crippen LogP contribution in [0.25, 0.3) is 21.8 Å². The summed E-state index contributed by atoms with van der Waals surface area (Å²) in [6.45, 7) is 5.18. The topological polar surface area (TPSA) is 143 Å². The number of ether oxygens (including phenoxy) is 7. The number of rotatable bonds is 20. The average Bonchev–Trinajstić information content (AvgIpc) is 3.69. The van der Waals surface area contributed by atoms with Gasteiger partial charge in [-0.25, -0.2) is 0 Å². The fourth-order valence-corrected chi connectivity index (χ4v) is 7.21. The van der Waals surface area contributed by atoms with E-state index in [0.717, 1.165) is 0 Å². The second-order valence-electron chi connectivity index (χ2n) is 13.8. The predicted octanol–water partition coefficient (Wildman–Crippen LogP) is 7.84. The minimum atomic E-state index is -0.461. The van der Waals surface area contributed by atoms with E-state index in [1.807, 2.05) is 0 Å². The van der Waals surface area contributed by atoms with Crippen molar-refractivity contribution in [2.75, 3.05) is 67.1 Å². The smallest absolute Gasteiger partial charge is 0.310 e. The standard InChI is InChI=1S/C46H46Cl2N2O11/c1-29-37(39-25-35(55-3)13-15-41(39)49(29)45(53)31-5-9-33(47)10-6-31)27-43(51)60-23-21-58-19-17-57-18-20-59-22-24-61-44(52)28-38-30(2)50(42-16-14-36(56-4)26-40(38)42)46(54)32-7-11-34(48)12-8-32/h5-16,25-26H,17-24,27-28H2,1-4H3. The second kappa shape index (κ2) is 21.2. The molecule has 15 heteroatoms. The summed E-state index contributed by atoms with van der Waals surface area (Å²) in [7, 11) is 3.11. The molecule has 0 saturated carbocycles. The lowest BCUT2D eigenvalue weighted by Crippen LogP contribution is -2.17. The van der Waals surface area contributed by atoms with Crippen molar-refractivity contribution in [2.45, 2.75) is 26.7 Å². The van der Waals surface area contributed by atoms with Crippen molar-refractivity contribution in [3.63, 3.8) is 0 Å². The third-order valence-electron chi connectivity index (χ3n) is 10.0. The molecule has 6 rings (SSSR count). The highest BCUT2D eigenvalue weighted by Gasteiger charge is 2.24. The number of fused-ring (bicyclic) bond motifs is 2. The molecule has 6 aromatic rings. The molecule has 0 N–H and O–H groups in total. The molecule has 0 aliphatic rings. The summed E-state index contributed by atoms with van der Waals surface area (Å²) in [6.07, 6.45) is -0.0965. The second-order valence-corrected chi connectivity index (χ2v) is 14.7. The summed E-state index contributed by atoms with van der Waals surface area (Å²) in [5.41, 5.74) is 4.78. The van der Waals surface area contributed by atoms with E-state index >= 15 is 0 Å². The maximum Gasteiger partial charge on any atom is 0.310 e. The van der Waals surface area contributed by atoms with Gasteiger partial charge in [-0.15, -0.1) is 0 Å². The third kappa shape index (κ3) is 11.0. The lowest BCUT2D eigenvalue weighted by molar-refractivity contribution is -0.145. The first-order chi connectivity index (χ1) is 29.5. The van der Waals surface area contributed by atoms with Gasteiger partial charge in [0.1, 0.15) is 24.7 Å². The van der Waals surface area contributed by atoms with Gasteiger partial charge >= 0.3 is 11.9 Å². The zero-order valence-electron chi connectivity index (χ0n) is 34.3. The minimum Gasteiger partial charge on any atom is -0.497 e. The number of hydrogen-bond donors (Lipinski definition) is 0. The molecule has 0 radical (unpaired) electrons. The van der Waals surface area contributed by atoms with Gasteiger partial charge in [-0.3, -0.25) is 28.3 Å². The first-order valence-corrected chi connectivity index (χ1v) is 20.3. The largest absolute Gasteiger partial charge is 0.497 e. The van der Waals surface area contributed by atoms with E-state index in [-0.39, 0.29) is 64.3 Å². The first-order valence-electron chi connectivity index (χ1n) is 19.5. The van der Waals surface area contributed by atoms with Gasteiger partial charge in [0.15, 0.2) is 0 Å². The van der Waals surface area contributed by atoms with Crippen LogP contribution in [-0.2, 0) is 46.1 Å². The maximum atomic E-state index is 13.5. The van der Waals surface area contributed by atoms with Crippen LogP contribution in [-0.4, -0.2) is 100.0 Å². The fourth-order valence-electron chi connectivity index (χ4n) is 6.95. The number of esters is 2. The molecule has 0 amide bonds. The van der Waals surface area contributed by atoms with Gasteiger partial charge in [-0.05, 0) is 110 Å². The predicted molar refractivity (Wildman–Crippen MR) is 231 cm³/mol. The zero-order chi connectivity index (χ0) is 43.5. The van der Waals surface area contributed by atoms with Crippen molar-refractivity contribution in [3.8, 4) is 11.5 Å². The van der Waals surface area contributed by atoms with Gasteiger partial charge in [0.05, 0.1) is 77.7 Å². The number of hydrogen-bond acceptors (Lipinski definition) is 11. The van der Waals surface area contributed by atoms with E-state index in [0.29, 0.717) is 90.2 Å². The summed E-state index contributed by atoms with van der Waals surface area (Å²) in [5, 5.41) is 2.48. The summed E-state index contributed by atoms with van der Waals surface area (Å²) in [5.74, 6) is -0.222. The van der Waals surface area contributed by atoms with E-state index in [1.54, 1.807) is 122 Å². The Balaban J connectivity index is 0.872. The molecule has 0 fully saturated rings. The van der Waals surface area contributed by atoms with Crippen LogP contribution in [0.4, 0.5) is 0 Å². The highest BCUT2D eigenvalue weighted by molar-refractivity contribution is 6.31. The van der Waals surface area contributed by atoms with Crippen LogP contribution in [0.2, 0.25) is 10.0 Å². The molecular weight excluding hydrogens is 827 g/mol. The highest BCUT2D eigenvalue weighted by atomic mass is 35.5. The number of carbonyl (C=O) groups excluding carboxylic acids is 4. The molecule has 0 bridgehead atoms. The molecule has 0 saturated heterocycles. The van der Waals surface area contributed by atoms with Crippen molar-refractivity contribution < 1.29 is 52.3 Å². The lowest BCUT2D eigenvalue weighted by Gasteiger charge is -2.09. The molecule has 0 aliphatic heterocycles. The Kier molecular flexibility index (Phi) is 15.6. The Morgan fingerprint density at radius 2 is 0.836 bits per heavy atom. The van der Waals surface area contributed by atoms with Crippen molar-refractivity contribution in [2.24, 2.45) is 0 Å². The van der Waals surface area contributed by atoms with E-state index in [1.165, 1.54) is 0 Å². The van der Waals surface area contributed by atoms with Crippen LogP contribution in [0.1, 0.15) is 43.2 Å². The maximum absolute atomic E-state index is 13.5. The zero-order valence-corrected chi connectivity index (χ0v) is 35.8. The number of aromatic nitrogens is 2. The molecule has 4 aromatic carbocycles. The molecule has 2 heterocycles. The normalized spacial score (nSPS) is 11.2. The van der Waals surface area contributed by atoms with Gasteiger partial charge in [0.2, 0.25) is 0 Å². The third-order valence-corrected chi connectivity index (χ3v) is 10.5. The van der Waals surface area contributed by atoms with Gasteiger partial charge in [0.25, 0.3) is 11.8 Å². The lowest BCUT2D eigenvalue weighted by atomic mass is 10.1. The molecule has 320 valence electrons. The van der Waals surface area contributed by atoms with Gasteiger partial charge < -0.3 is 33.2 Å². The molecule has 2 aromatic heterocycles. The van der Waals surface area contributed by atoms with Gasteiger partial charge in [-0.2, -0.15) is 0 Å². The monoisotopic (exact) mass is 872 g/mol. The number of methoxy groups -OCH3 is 2. The van der Waals surface area contributed by atoms with E-state index in [4.69, 9.17) is 56.4 Å². The quantitative estimate of drug-likeness (QED) is 0.0547. The van der Waals surface area contributed by atoms with Crippen molar-refractivity contribution in [1.82, 2.24) is 9.13 Å². The Labute approximate surface area is 362 Å². The van der Waals surface area contributed by atoms with Gasteiger partial charge in [-0.1, -0.05) is 23.2 Å². The Morgan fingerprint density at radius 1 is 0.492 bits per heavy atom. The minimum absolute atomic E-state index is 0.0444. The van der Waals surface area contributed by atoms with Crippen LogP contribution >= 0.6 is 23.2 Å². The van der Waals surface area contributed by atoms with Crippen LogP contribution in [0.15, 0.2) is 84.9 Å². The Hall–Kier alpha value is -5.70. The first kappa shape index (κ1) is 44.8. The van der Waals surface area contributed by atoms with E-state index < -0.39 is 11.9 Å². The molecule has 13 nitrogen and oxygen atoms in total. The van der Waals surface area contributed by atoms with Gasteiger partial charge in [0, 0.05) is 43.3 Å². The highest BCUT2D eigenvalue weighted by Crippen LogP contribution is 2.32. The Bertz CT molecular complexity index is 2340. The SMILES string of the molecule is COc1ccc2c(c1)c(CC(=O)OCCOCCOCCOCCOC(=O)Cc1c(C)n(C(=O)c3ccc(Cl)cc3)c3ccc(OC)cc13)c(C)n2C(=O)c1ccc(Cl)cc1. The van der Waals surface area contributed by atoms with Crippen molar-refractivity contribution >= 4 is 68.8 Å². The van der Waals surface area contributed by atoms with Crippen LogP contribution in [0.5, 0.6) is 11.5 Å². The molecule has 0 unspecified atom stereocenters. The summed E-state index contributed by atoms with van der Waals surface area (Å²) in [4.78, 5) is 52.9. The van der Waals surface area contributed by atoms with Crippen LogP contribution < -0.4 is 9.47 Å². The number of halogens is 2. The number of nitrogens with zero attached hydrogens (tertiary/aromatic N) is 2. The Morgan fingerprint density at radius 3 is 1.18 bits per heavy atom. The molecule has 61 heavy (non-hydrogen) atoms. The van der Waals surface area contributed by atoms with Crippen molar-refractivity contribution in [1.29, 1.82) is 0 Å². The molecular formula is C46H46Cl2N2O11. The number of benzene rings is 4. The van der Waals surface area contributed by atoms with E-state index in [2.05, 4.69) is 0 Å². The average molecular weight is 874 g/mol. The van der Waals surface area contributed by atoms with E-state index in [9.17, 15) is 19.2 Å². The summed E-state index contributed by atoms with van der Waals surface area (Å²) < 4.78 is 41.5.